The van der Waals surface area contributed by atoms with Gasteiger partial charge in [0.1, 0.15) is 24.1 Å². The standard InChI is InChI=1S/C32H41N3O6S/c1-6-28(32(37)33-22-24(2)3)34(20-19-25-13-9-7-10-14-25)31(36)23-35(42(38,39)27-15-11-8-12-16-27)29-21-26(40-4)17-18-30(29)41-5/h7-18,21,24,28H,6,19-20,22-23H2,1-5H3,(H,33,37)/t28-/m0/s1. The first kappa shape index (κ1) is 32.5. The molecule has 0 heterocycles. The van der Waals surface area contributed by atoms with Gasteiger partial charge in [0.2, 0.25) is 11.8 Å². The molecule has 1 N–H and O–H groups in total. The molecule has 0 unspecified atom stereocenters. The number of hydrogen-bond donors (Lipinski definition) is 1. The van der Waals surface area contributed by atoms with Crippen molar-refractivity contribution in [1.29, 1.82) is 0 Å². The SMILES string of the molecule is CC[C@@H](C(=O)NCC(C)C)N(CCc1ccccc1)C(=O)CN(c1cc(OC)ccc1OC)S(=O)(=O)c1ccccc1. The minimum absolute atomic E-state index is 0.0141. The molecule has 0 aliphatic rings. The molecule has 3 aromatic rings. The number of nitrogens with zero attached hydrogens (tertiary/aromatic N) is 2. The van der Waals surface area contributed by atoms with E-state index in [9.17, 15) is 18.0 Å². The van der Waals surface area contributed by atoms with Gasteiger partial charge >= 0.3 is 0 Å². The summed E-state index contributed by atoms with van der Waals surface area (Å²) in [5.41, 5.74) is 1.14. The fourth-order valence-corrected chi connectivity index (χ4v) is 5.98. The Hall–Kier alpha value is -4.05. The van der Waals surface area contributed by atoms with Gasteiger partial charge in [-0.3, -0.25) is 13.9 Å². The van der Waals surface area contributed by atoms with E-state index in [0.717, 1.165) is 9.87 Å². The maximum atomic E-state index is 14.2. The van der Waals surface area contributed by atoms with E-state index >= 15 is 0 Å². The van der Waals surface area contributed by atoms with Crippen LogP contribution in [0.25, 0.3) is 0 Å². The third-order valence-corrected chi connectivity index (χ3v) is 8.59. The van der Waals surface area contributed by atoms with Crippen molar-refractivity contribution in [2.45, 2.75) is 44.6 Å². The van der Waals surface area contributed by atoms with Crippen molar-refractivity contribution >= 4 is 27.5 Å². The molecule has 42 heavy (non-hydrogen) atoms. The second-order valence-corrected chi connectivity index (χ2v) is 12.1. The third-order valence-electron chi connectivity index (χ3n) is 6.82. The lowest BCUT2D eigenvalue weighted by Gasteiger charge is -2.33. The fourth-order valence-electron chi connectivity index (χ4n) is 4.54. The molecule has 2 amide bonds. The van der Waals surface area contributed by atoms with E-state index in [0.29, 0.717) is 25.1 Å². The molecular formula is C32H41N3O6S. The summed E-state index contributed by atoms with van der Waals surface area (Å²) >= 11 is 0. The molecule has 0 saturated carbocycles. The molecular weight excluding hydrogens is 554 g/mol. The molecule has 1 atom stereocenters. The number of anilines is 1. The van der Waals surface area contributed by atoms with Gasteiger partial charge in [0.25, 0.3) is 10.0 Å². The molecule has 226 valence electrons. The van der Waals surface area contributed by atoms with Crippen LogP contribution in [0, 0.1) is 5.92 Å². The summed E-state index contributed by atoms with van der Waals surface area (Å²) in [5, 5.41) is 2.94. The Kier molecular flexibility index (Phi) is 11.8. The summed E-state index contributed by atoms with van der Waals surface area (Å²) in [6.07, 6.45) is 0.854. The second kappa shape index (κ2) is 15.3. The van der Waals surface area contributed by atoms with Gasteiger partial charge in [-0.1, -0.05) is 69.3 Å². The first-order valence-electron chi connectivity index (χ1n) is 14.0. The highest BCUT2D eigenvalue weighted by Crippen LogP contribution is 2.36. The van der Waals surface area contributed by atoms with Gasteiger partial charge in [-0.05, 0) is 48.6 Å². The molecule has 10 heteroatoms. The van der Waals surface area contributed by atoms with Crippen LogP contribution in [0.5, 0.6) is 11.5 Å². The number of nitrogens with one attached hydrogen (secondary N) is 1. The Morgan fingerprint density at radius 1 is 0.905 bits per heavy atom. The number of rotatable bonds is 15. The van der Waals surface area contributed by atoms with E-state index < -0.39 is 28.5 Å². The van der Waals surface area contributed by atoms with Crippen LogP contribution in [0.3, 0.4) is 0 Å². The van der Waals surface area contributed by atoms with Gasteiger partial charge in [0.15, 0.2) is 0 Å². The number of sulfonamides is 1. The van der Waals surface area contributed by atoms with Gasteiger partial charge in [0, 0.05) is 19.2 Å². The summed E-state index contributed by atoms with van der Waals surface area (Å²) < 4.78 is 40.1. The zero-order valence-corrected chi connectivity index (χ0v) is 25.8. The molecule has 0 fully saturated rings. The van der Waals surface area contributed by atoms with Crippen LogP contribution in [0.15, 0.2) is 83.8 Å². The predicted octanol–water partition coefficient (Wildman–Crippen LogP) is 4.52. The van der Waals surface area contributed by atoms with Crippen LogP contribution in [-0.2, 0) is 26.0 Å². The van der Waals surface area contributed by atoms with Crippen molar-refractivity contribution in [3.05, 3.63) is 84.4 Å². The average Bonchev–Trinajstić information content (AvgIpc) is 3.01. The highest BCUT2D eigenvalue weighted by atomic mass is 32.2. The molecule has 0 saturated heterocycles. The lowest BCUT2D eigenvalue weighted by Crippen LogP contribution is -2.53. The number of methoxy groups -OCH3 is 2. The van der Waals surface area contributed by atoms with E-state index in [1.54, 1.807) is 30.3 Å². The molecule has 0 bridgehead atoms. The first-order chi connectivity index (χ1) is 20.1. The van der Waals surface area contributed by atoms with Crippen molar-refractivity contribution in [2.24, 2.45) is 5.92 Å². The van der Waals surface area contributed by atoms with Crippen LogP contribution in [0.1, 0.15) is 32.8 Å². The molecule has 0 aliphatic heterocycles. The van der Waals surface area contributed by atoms with Crippen LogP contribution >= 0.6 is 0 Å². The largest absolute Gasteiger partial charge is 0.497 e. The van der Waals surface area contributed by atoms with Gasteiger partial charge in [-0.15, -0.1) is 0 Å². The quantitative estimate of drug-likeness (QED) is 0.277. The Morgan fingerprint density at radius 3 is 2.12 bits per heavy atom. The number of carbonyl (C=O) groups excluding carboxylic acids is 2. The zero-order valence-electron chi connectivity index (χ0n) is 24.9. The van der Waals surface area contributed by atoms with Crippen molar-refractivity contribution in [1.82, 2.24) is 10.2 Å². The summed E-state index contributed by atoms with van der Waals surface area (Å²) in [6.45, 7) is 5.97. The van der Waals surface area contributed by atoms with Gasteiger partial charge in [0.05, 0.1) is 24.8 Å². The number of amides is 2. The van der Waals surface area contributed by atoms with Gasteiger partial charge in [-0.25, -0.2) is 8.42 Å². The molecule has 0 spiro atoms. The summed E-state index contributed by atoms with van der Waals surface area (Å²) in [6, 6.07) is 21.5. The average molecular weight is 596 g/mol. The van der Waals surface area contributed by atoms with Crippen molar-refractivity contribution in [3.63, 3.8) is 0 Å². The maximum absolute atomic E-state index is 14.2. The first-order valence-corrected chi connectivity index (χ1v) is 15.5. The molecule has 0 aliphatic carbocycles. The highest BCUT2D eigenvalue weighted by Gasteiger charge is 2.34. The lowest BCUT2D eigenvalue weighted by molar-refractivity contribution is -0.139. The van der Waals surface area contributed by atoms with E-state index in [1.807, 2.05) is 51.1 Å². The smallest absolute Gasteiger partial charge is 0.264 e. The number of ether oxygens (including phenoxy) is 2. The molecule has 3 aromatic carbocycles. The molecule has 0 radical (unpaired) electrons. The lowest BCUT2D eigenvalue weighted by atomic mass is 10.1. The Morgan fingerprint density at radius 2 is 1.55 bits per heavy atom. The van der Waals surface area contributed by atoms with Gasteiger partial charge < -0.3 is 19.7 Å². The second-order valence-electron chi connectivity index (χ2n) is 10.2. The molecule has 0 aromatic heterocycles. The topological polar surface area (TPSA) is 105 Å². The van der Waals surface area contributed by atoms with E-state index in [1.165, 1.54) is 37.3 Å². The minimum Gasteiger partial charge on any atom is -0.497 e. The van der Waals surface area contributed by atoms with E-state index in [4.69, 9.17) is 9.47 Å². The van der Waals surface area contributed by atoms with Crippen molar-refractivity contribution < 1.29 is 27.5 Å². The van der Waals surface area contributed by atoms with E-state index in [-0.39, 0.29) is 34.7 Å². The van der Waals surface area contributed by atoms with Crippen molar-refractivity contribution in [2.75, 3.05) is 38.2 Å². The van der Waals surface area contributed by atoms with Crippen LogP contribution in [0.2, 0.25) is 0 Å². The van der Waals surface area contributed by atoms with Crippen molar-refractivity contribution in [3.8, 4) is 11.5 Å². The normalized spacial score (nSPS) is 12.0. The minimum atomic E-state index is -4.23. The number of carbonyl (C=O) groups is 2. The molecule has 3 rings (SSSR count). The molecule has 9 nitrogen and oxygen atoms in total. The van der Waals surface area contributed by atoms with Gasteiger partial charge in [-0.2, -0.15) is 0 Å². The Balaban J connectivity index is 2.07. The summed E-state index contributed by atoms with van der Waals surface area (Å²) in [7, 11) is -1.33. The zero-order chi connectivity index (χ0) is 30.7. The van der Waals surface area contributed by atoms with E-state index in [2.05, 4.69) is 5.32 Å². The Labute approximate surface area is 249 Å². The summed E-state index contributed by atoms with van der Waals surface area (Å²) in [4.78, 5) is 29.0. The van der Waals surface area contributed by atoms with Crippen LogP contribution in [0.4, 0.5) is 5.69 Å². The van der Waals surface area contributed by atoms with Crippen LogP contribution in [-0.4, -0.2) is 65.0 Å². The van der Waals surface area contributed by atoms with Crippen LogP contribution < -0.4 is 19.1 Å². The summed E-state index contributed by atoms with van der Waals surface area (Å²) in [5.74, 6) is 0.0884. The monoisotopic (exact) mass is 595 g/mol. The maximum Gasteiger partial charge on any atom is 0.264 e. The Bertz CT molecular complexity index is 1410. The number of hydrogen-bond acceptors (Lipinski definition) is 6. The number of benzene rings is 3. The third kappa shape index (κ3) is 8.25. The predicted molar refractivity (Wildman–Crippen MR) is 164 cm³/mol. The fraction of sp³-hybridized carbons (Fsp3) is 0.375. The highest BCUT2D eigenvalue weighted by molar-refractivity contribution is 7.92.